The van der Waals surface area contributed by atoms with Gasteiger partial charge in [-0.15, -0.1) is 11.8 Å². The summed E-state index contributed by atoms with van der Waals surface area (Å²) in [6.07, 6.45) is 4.06. The van der Waals surface area contributed by atoms with Gasteiger partial charge in [0.15, 0.2) is 0 Å². The monoisotopic (exact) mass is 384 g/mol. The van der Waals surface area contributed by atoms with Crippen LogP contribution in [0.1, 0.15) is 18.4 Å². The van der Waals surface area contributed by atoms with E-state index in [1.54, 1.807) is 0 Å². The molecule has 0 amide bonds. The Balaban J connectivity index is 2.13. The van der Waals surface area contributed by atoms with Crippen molar-refractivity contribution in [3.05, 3.63) is 46.2 Å². The molecule has 0 unspecified atom stereocenters. The second kappa shape index (κ2) is 6.78. The average Bonchev–Trinajstić information content (AvgIpc) is 3.28. The van der Waals surface area contributed by atoms with Gasteiger partial charge in [0.05, 0.1) is 5.52 Å². The highest BCUT2D eigenvalue weighted by molar-refractivity contribution is 7.98. The minimum atomic E-state index is -0.269. The van der Waals surface area contributed by atoms with Crippen LogP contribution >= 0.6 is 11.8 Å². The molecule has 0 radical (unpaired) electrons. The molecule has 0 saturated carbocycles. The lowest BCUT2D eigenvalue weighted by Gasteiger charge is -2.11. The Morgan fingerprint density at radius 2 is 1.96 bits per heavy atom. The predicted octanol–water partition coefficient (Wildman–Crippen LogP) is 3.39. The van der Waals surface area contributed by atoms with Gasteiger partial charge in [-0.25, -0.2) is 0 Å². The maximum atomic E-state index is 12.7. The Morgan fingerprint density at radius 3 is 2.58 bits per heavy atom. The number of hydrogen-bond acceptors (Lipinski definition) is 4. The largest absolute Gasteiger partial charge is 0.502 e. The first-order valence-electron chi connectivity index (χ1n) is 8.38. The Kier molecular flexibility index (Phi) is 4.47. The third-order valence-electron chi connectivity index (χ3n) is 4.65. The molecule has 0 aliphatic carbocycles. The molecule has 1 fully saturated rings. The van der Waals surface area contributed by atoms with Crippen molar-refractivity contribution in [1.82, 2.24) is 9.55 Å². The van der Waals surface area contributed by atoms with Crippen LogP contribution in [0.2, 0.25) is 0 Å². The Morgan fingerprint density at radius 1 is 1.27 bits per heavy atom. The van der Waals surface area contributed by atoms with Gasteiger partial charge in [0.25, 0.3) is 4.90 Å². The quantitative estimate of drug-likeness (QED) is 0.536. The molecule has 1 aromatic carbocycles. The summed E-state index contributed by atoms with van der Waals surface area (Å²) in [5.74, 6) is 1.90. The number of aromatic nitrogens is 2. The van der Waals surface area contributed by atoms with E-state index in [2.05, 4.69) is 11.1 Å². The van der Waals surface area contributed by atoms with Crippen LogP contribution in [0.4, 0.5) is 0 Å². The van der Waals surface area contributed by atoms with E-state index in [1.165, 1.54) is 11.8 Å². The lowest BCUT2D eigenvalue weighted by molar-refractivity contribution is 0.464. The molecule has 4 rings (SSSR count). The van der Waals surface area contributed by atoms with Crippen LogP contribution in [0.25, 0.3) is 16.7 Å². The lowest BCUT2D eigenvalue weighted by atomic mass is 10.2. The summed E-state index contributed by atoms with van der Waals surface area (Å²) in [6, 6.07) is 11.8. The smallest absolute Gasteiger partial charge is 0.307 e. The molecule has 5 nitrogen and oxygen atoms in total. The molecule has 1 aliphatic heterocycles. The van der Waals surface area contributed by atoms with Gasteiger partial charge in [-0.3, -0.25) is 9.36 Å². The zero-order chi connectivity index (χ0) is 18.3. The molecule has 26 heavy (non-hydrogen) atoms. The molecule has 0 bridgehead atoms. The fourth-order valence-electron chi connectivity index (χ4n) is 3.53. The summed E-state index contributed by atoms with van der Waals surface area (Å²) < 4.78 is 1.88. The number of H-pyrrole nitrogens is 1. The van der Waals surface area contributed by atoms with E-state index >= 15 is 0 Å². The maximum absolute atomic E-state index is 12.7. The minimum absolute atomic E-state index is 0.0228. The molecule has 1 aliphatic rings. The summed E-state index contributed by atoms with van der Waals surface area (Å²) in [4.78, 5) is 16.1. The number of aromatic amines is 1. The Bertz CT molecular complexity index is 1070. The first-order chi connectivity index (χ1) is 12.7. The topological polar surface area (TPSA) is 81.8 Å². The number of para-hydroxylation sites is 1. The van der Waals surface area contributed by atoms with Gasteiger partial charge >= 0.3 is 5.56 Å². The highest BCUT2D eigenvalue weighted by atomic mass is 32.2. The molecule has 0 spiro atoms. The van der Waals surface area contributed by atoms with Gasteiger partial charge in [0.2, 0.25) is 5.75 Å². The van der Waals surface area contributed by atoms with Crippen LogP contribution < -0.4 is 5.56 Å². The fourth-order valence-corrected chi connectivity index (χ4v) is 6.66. The Hall–Kier alpha value is -2.30. The van der Waals surface area contributed by atoms with Crippen molar-refractivity contribution in [1.29, 1.82) is 5.26 Å². The first kappa shape index (κ1) is 17.1. The van der Waals surface area contributed by atoms with E-state index in [4.69, 9.17) is 0 Å². The molecule has 1 saturated heterocycles. The summed E-state index contributed by atoms with van der Waals surface area (Å²) in [7, 11) is -0.233. The number of pyridine rings is 1. The number of rotatable bonds is 3. The summed E-state index contributed by atoms with van der Waals surface area (Å²) in [5.41, 5.74) is 1.91. The van der Waals surface area contributed by atoms with Crippen molar-refractivity contribution in [2.75, 3.05) is 17.8 Å². The summed E-state index contributed by atoms with van der Waals surface area (Å²) >= 11 is 1.43. The number of fused-ring (bicyclic) bond motifs is 1. The molecule has 0 atom stereocenters. The number of thioether (sulfide) groups is 1. The van der Waals surface area contributed by atoms with Crippen LogP contribution in [0, 0.1) is 11.3 Å². The van der Waals surface area contributed by atoms with Crippen molar-refractivity contribution in [3.63, 3.8) is 0 Å². The van der Waals surface area contributed by atoms with Crippen LogP contribution in [-0.4, -0.2) is 32.4 Å². The van der Waals surface area contributed by atoms with E-state index in [1.807, 2.05) is 41.2 Å². The molecule has 2 aromatic heterocycles. The molecule has 3 heterocycles. The van der Waals surface area contributed by atoms with E-state index in [0.29, 0.717) is 26.5 Å². The van der Waals surface area contributed by atoms with Crippen molar-refractivity contribution in [2.24, 2.45) is 0 Å². The van der Waals surface area contributed by atoms with Gasteiger partial charge in [-0.05, 0) is 31.2 Å². The van der Waals surface area contributed by atoms with Crippen molar-refractivity contribution < 1.29 is 5.11 Å². The van der Waals surface area contributed by atoms with Gasteiger partial charge in [0.1, 0.15) is 33.7 Å². The first-order valence-corrected chi connectivity index (χ1v) is 11.2. The van der Waals surface area contributed by atoms with Gasteiger partial charge in [-0.1, -0.05) is 18.2 Å². The van der Waals surface area contributed by atoms with Gasteiger partial charge in [0, 0.05) is 16.6 Å². The van der Waals surface area contributed by atoms with Crippen molar-refractivity contribution in [3.8, 4) is 17.5 Å². The number of aromatic hydroxyl groups is 1. The molecular formula is C19H18N3O2S2+. The van der Waals surface area contributed by atoms with Gasteiger partial charge in [-0.2, -0.15) is 5.26 Å². The zero-order valence-corrected chi connectivity index (χ0v) is 15.9. The molecule has 3 aromatic rings. The second-order valence-corrected chi connectivity index (χ2v) is 9.14. The van der Waals surface area contributed by atoms with E-state index in [9.17, 15) is 15.2 Å². The number of hydrogen-bond donors (Lipinski definition) is 2. The summed E-state index contributed by atoms with van der Waals surface area (Å²) in [6.45, 7) is 0. The van der Waals surface area contributed by atoms with Crippen LogP contribution in [0.5, 0.6) is 5.75 Å². The van der Waals surface area contributed by atoms with Crippen LogP contribution in [0.3, 0.4) is 0 Å². The fraction of sp³-hybridized carbons (Fsp3) is 0.263. The second-order valence-electron chi connectivity index (χ2n) is 6.13. The number of nitriles is 1. The lowest BCUT2D eigenvalue weighted by Crippen LogP contribution is -2.19. The van der Waals surface area contributed by atoms with E-state index < -0.39 is 0 Å². The molecule has 132 valence electrons. The van der Waals surface area contributed by atoms with E-state index in [-0.39, 0.29) is 22.2 Å². The third-order valence-corrected chi connectivity index (χ3v) is 7.94. The molecular weight excluding hydrogens is 366 g/mol. The molecule has 7 heteroatoms. The molecule has 2 N–H and O–H groups in total. The number of nitrogens with one attached hydrogen (secondary N) is 1. The highest BCUT2D eigenvalue weighted by Gasteiger charge is 2.36. The third kappa shape index (κ3) is 2.52. The SMILES string of the molecule is CSc1c(C#N)c2[nH]c(=O)c([S+]3CCCC3)c(O)c2n1-c1ccccc1. The van der Waals surface area contributed by atoms with Crippen molar-refractivity contribution in [2.45, 2.75) is 22.8 Å². The predicted molar refractivity (Wildman–Crippen MR) is 107 cm³/mol. The number of benzene rings is 1. The minimum Gasteiger partial charge on any atom is -0.502 e. The van der Waals surface area contributed by atoms with Crippen LogP contribution in [-0.2, 0) is 10.9 Å². The zero-order valence-electron chi connectivity index (χ0n) is 14.3. The average molecular weight is 385 g/mol. The Labute approximate surface area is 158 Å². The van der Waals surface area contributed by atoms with E-state index in [0.717, 1.165) is 30.0 Å². The van der Waals surface area contributed by atoms with Crippen LogP contribution in [0.15, 0.2) is 45.0 Å². The van der Waals surface area contributed by atoms with Crippen molar-refractivity contribution >= 4 is 33.7 Å². The normalized spacial score (nSPS) is 14.8. The standard InChI is InChI=1S/C19H17N3O2S2/c1-25-19-13(11-20)14-15(22(19)12-7-3-2-4-8-12)16(23)17(18(24)21-14)26-9-5-6-10-26/h2-4,7-8H,5-6,9-10H2,1H3,(H-,21,23,24)/p+1. The number of nitrogens with zero attached hydrogens (tertiary/aromatic N) is 2. The highest BCUT2D eigenvalue weighted by Crippen LogP contribution is 2.40. The summed E-state index contributed by atoms with van der Waals surface area (Å²) in [5, 5.41) is 21.5. The van der Waals surface area contributed by atoms with Gasteiger partial charge < -0.3 is 10.1 Å². The maximum Gasteiger partial charge on any atom is 0.307 e.